The Balaban J connectivity index is 1.81. The summed E-state index contributed by atoms with van der Waals surface area (Å²) in [4.78, 5) is 32.9. The lowest BCUT2D eigenvalue weighted by molar-refractivity contribution is 0.0971. The van der Waals surface area contributed by atoms with E-state index < -0.39 is 12.9 Å². The largest absolute Gasteiger partial charge is 0.535 e. The number of rotatable bonds is 8. The van der Waals surface area contributed by atoms with Crippen LogP contribution in [0.25, 0.3) is 0 Å². The summed E-state index contributed by atoms with van der Waals surface area (Å²) in [6.45, 7) is 1.82. The monoisotopic (exact) mass is 450 g/mol. The first-order valence-corrected chi connectivity index (χ1v) is 10.4. The van der Waals surface area contributed by atoms with Crippen LogP contribution in [-0.2, 0) is 19.5 Å². The third-order valence-electron chi connectivity index (χ3n) is 5.44. The first kappa shape index (κ1) is 23.8. The summed E-state index contributed by atoms with van der Waals surface area (Å²) in [6.07, 6.45) is 0.465. The minimum Gasteiger partial charge on any atom is -0.535 e. The fraction of sp³-hybridized carbons (Fsp3) is 0.273. The highest BCUT2D eigenvalue weighted by Gasteiger charge is 2.37. The van der Waals surface area contributed by atoms with Crippen LogP contribution in [0.3, 0.4) is 0 Å². The molecule has 0 radical (unpaired) electrons. The molecule has 11 heteroatoms. The summed E-state index contributed by atoms with van der Waals surface area (Å²) in [6, 6.07) is 10.4. The zero-order chi connectivity index (χ0) is 24.1. The molecule has 1 aliphatic rings. The highest BCUT2D eigenvalue weighted by molar-refractivity contribution is 6.47. The number of carbonyl (C=O) groups excluding carboxylic acids is 2. The van der Waals surface area contributed by atoms with Gasteiger partial charge in [0.05, 0.1) is 18.7 Å². The molecule has 3 rings (SSSR count). The molecule has 0 spiro atoms. The van der Waals surface area contributed by atoms with Gasteiger partial charge in [-0.25, -0.2) is 9.98 Å². The van der Waals surface area contributed by atoms with Crippen molar-refractivity contribution in [1.29, 1.82) is 0 Å². The van der Waals surface area contributed by atoms with Crippen LogP contribution in [-0.4, -0.2) is 35.6 Å². The number of carbonyl (C=O) groups is 2. The average Bonchev–Trinajstić information content (AvgIpc) is 2.76. The molecule has 0 saturated carbocycles. The van der Waals surface area contributed by atoms with Crippen molar-refractivity contribution >= 4 is 30.6 Å². The van der Waals surface area contributed by atoms with Crippen molar-refractivity contribution in [3.05, 3.63) is 64.2 Å². The lowest BCUT2D eigenvalue weighted by Crippen LogP contribution is -2.35. The van der Waals surface area contributed by atoms with Gasteiger partial charge in [-0.15, -0.1) is 0 Å². The number of Topliss-reactive ketones (excluding diaryl/α,β-unsaturated/α-hetero) is 2. The number of aliphatic imine (C=N–C) groups is 2. The lowest BCUT2D eigenvalue weighted by atomic mass is 9.64. The van der Waals surface area contributed by atoms with E-state index in [1.807, 2.05) is 6.07 Å². The van der Waals surface area contributed by atoms with Crippen molar-refractivity contribution in [3.63, 3.8) is 0 Å². The number of ketones is 2. The Morgan fingerprint density at radius 2 is 1.73 bits per heavy atom. The Morgan fingerprint density at radius 1 is 1.06 bits per heavy atom. The molecule has 0 unspecified atom stereocenters. The van der Waals surface area contributed by atoms with Gasteiger partial charge in [0.2, 0.25) is 0 Å². The molecule has 2 aromatic rings. The molecule has 0 aromatic heterocycles. The summed E-state index contributed by atoms with van der Waals surface area (Å²) in [5.41, 5.74) is 24.9. The topological polar surface area (TPSA) is 192 Å². The number of para-hydroxylation sites is 1. The summed E-state index contributed by atoms with van der Waals surface area (Å²) in [5.74, 6) is -0.539. The average molecular weight is 450 g/mol. The van der Waals surface area contributed by atoms with E-state index in [-0.39, 0.29) is 43.0 Å². The fourth-order valence-electron chi connectivity index (χ4n) is 3.74. The first-order valence-electron chi connectivity index (χ1n) is 10.4. The van der Waals surface area contributed by atoms with E-state index in [0.717, 1.165) is 11.1 Å². The minimum absolute atomic E-state index is 0.0533. The molecule has 1 heterocycles. The summed E-state index contributed by atoms with van der Waals surface area (Å²) in [5, 5.41) is 10.5. The van der Waals surface area contributed by atoms with Crippen molar-refractivity contribution in [1.82, 2.24) is 0 Å². The Labute approximate surface area is 191 Å². The van der Waals surface area contributed by atoms with Crippen LogP contribution >= 0.6 is 0 Å². The second-order valence-electron chi connectivity index (χ2n) is 7.92. The van der Waals surface area contributed by atoms with Crippen molar-refractivity contribution in [2.45, 2.75) is 38.7 Å². The van der Waals surface area contributed by atoms with Crippen molar-refractivity contribution in [3.8, 4) is 5.75 Å². The first-order chi connectivity index (χ1) is 15.7. The van der Waals surface area contributed by atoms with Crippen LogP contribution in [0.15, 0.2) is 46.4 Å². The smallest absolute Gasteiger partial charge is 0.526 e. The Hall–Kier alpha value is -3.86. The van der Waals surface area contributed by atoms with Crippen LogP contribution in [0.1, 0.15) is 50.8 Å². The molecular formula is C22H27BN6O4. The van der Waals surface area contributed by atoms with Crippen LogP contribution in [0, 0.1) is 0 Å². The minimum atomic E-state index is -1.20. The molecule has 0 bridgehead atoms. The lowest BCUT2D eigenvalue weighted by Gasteiger charge is -2.28. The molecule has 172 valence electrons. The number of benzene rings is 2. The number of hydrogen-bond acceptors (Lipinski definition) is 6. The van der Waals surface area contributed by atoms with Crippen LogP contribution in [0.2, 0.25) is 5.82 Å². The second kappa shape index (κ2) is 10.2. The molecule has 1 atom stereocenters. The standard InChI is InChI=1S/C22H27BN6O4/c1-12(30)18-4-2-3-14-8-17(23(32)33-20(14)18)9-19(31)13-5-6-15(10-28-21(24)25)16(7-13)11-29-22(26)27/h2-7,17,32H,8-11H2,1H3,(H4,24,25,28)(H4,26,27,29)/t17-/m1/s1. The molecule has 1 aliphatic heterocycles. The van der Waals surface area contributed by atoms with Crippen molar-refractivity contribution < 1.29 is 19.3 Å². The Kier molecular flexibility index (Phi) is 7.34. The molecule has 0 amide bonds. The second-order valence-corrected chi connectivity index (χ2v) is 7.92. The van der Waals surface area contributed by atoms with Gasteiger partial charge in [-0.2, -0.15) is 0 Å². The molecule has 9 N–H and O–H groups in total. The van der Waals surface area contributed by atoms with Gasteiger partial charge < -0.3 is 32.6 Å². The molecule has 0 fully saturated rings. The normalized spacial score (nSPS) is 14.6. The molecule has 10 nitrogen and oxygen atoms in total. The third-order valence-corrected chi connectivity index (χ3v) is 5.44. The summed E-state index contributed by atoms with van der Waals surface area (Å²) >= 11 is 0. The van der Waals surface area contributed by atoms with Gasteiger partial charge in [0, 0.05) is 17.8 Å². The van der Waals surface area contributed by atoms with E-state index in [1.165, 1.54) is 6.92 Å². The van der Waals surface area contributed by atoms with Crippen molar-refractivity contribution in [2.24, 2.45) is 32.9 Å². The SMILES string of the molecule is CC(=O)c1cccc2c1OB(O)[C@@H](CC(=O)c1ccc(CN=C(N)N)c(CN=C(N)N)c1)C2. The number of fused-ring (bicyclic) bond motifs is 1. The number of guanidine groups is 2. The van der Waals surface area contributed by atoms with E-state index in [0.29, 0.717) is 28.9 Å². The van der Waals surface area contributed by atoms with Crippen LogP contribution in [0.5, 0.6) is 5.75 Å². The van der Waals surface area contributed by atoms with E-state index in [4.69, 9.17) is 27.6 Å². The van der Waals surface area contributed by atoms with E-state index in [9.17, 15) is 14.6 Å². The van der Waals surface area contributed by atoms with Gasteiger partial charge in [0.1, 0.15) is 5.75 Å². The number of hydrogen-bond donors (Lipinski definition) is 5. The highest BCUT2D eigenvalue weighted by atomic mass is 16.5. The zero-order valence-electron chi connectivity index (χ0n) is 18.3. The maximum Gasteiger partial charge on any atom is 0.526 e. The van der Waals surface area contributed by atoms with Crippen LogP contribution < -0.4 is 27.6 Å². The molecule has 0 saturated heterocycles. The van der Waals surface area contributed by atoms with E-state index >= 15 is 0 Å². The summed E-state index contributed by atoms with van der Waals surface area (Å²) in [7, 11) is -1.20. The van der Waals surface area contributed by atoms with E-state index in [2.05, 4.69) is 9.98 Å². The Bertz CT molecular complexity index is 1130. The zero-order valence-corrected chi connectivity index (χ0v) is 18.3. The predicted octanol–water partition coefficient (Wildman–Crippen LogP) is 0.495. The van der Waals surface area contributed by atoms with Gasteiger partial charge in [-0.05, 0) is 42.2 Å². The fourth-order valence-corrected chi connectivity index (χ4v) is 3.74. The maximum atomic E-state index is 13.0. The van der Waals surface area contributed by atoms with E-state index in [1.54, 1.807) is 30.3 Å². The third kappa shape index (κ3) is 5.89. The van der Waals surface area contributed by atoms with Crippen LogP contribution in [0.4, 0.5) is 0 Å². The quantitative estimate of drug-likeness (QED) is 0.166. The molecule has 2 aromatic carbocycles. The molecule has 0 aliphatic carbocycles. The predicted molar refractivity (Wildman–Crippen MR) is 127 cm³/mol. The van der Waals surface area contributed by atoms with Gasteiger partial charge in [-0.1, -0.05) is 24.3 Å². The molecular weight excluding hydrogens is 423 g/mol. The number of nitrogens with two attached hydrogens (primary N) is 4. The van der Waals surface area contributed by atoms with Crippen molar-refractivity contribution in [2.75, 3.05) is 0 Å². The highest BCUT2D eigenvalue weighted by Crippen LogP contribution is 2.37. The molecule has 33 heavy (non-hydrogen) atoms. The van der Waals surface area contributed by atoms with Gasteiger partial charge in [0.25, 0.3) is 0 Å². The van der Waals surface area contributed by atoms with Gasteiger partial charge >= 0.3 is 7.12 Å². The van der Waals surface area contributed by atoms with Gasteiger partial charge in [-0.3, -0.25) is 9.59 Å². The summed E-state index contributed by atoms with van der Waals surface area (Å²) < 4.78 is 5.63. The Morgan fingerprint density at radius 3 is 2.36 bits per heavy atom. The van der Waals surface area contributed by atoms with Gasteiger partial charge in [0.15, 0.2) is 23.5 Å². The maximum absolute atomic E-state index is 13.0. The number of nitrogens with zero attached hydrogens (tertiary/aromatic N) is 2.